The number of amides is 1. The number of para-hydroxylation sites is 1. The van der Waals surface area contributed by atoms with E-state index < -0.39 is 5.82 Å². The highest BCUT2D eigenvalue weighted by atomic mass is 19.1. The molecule has 1 amide bonds. The van der Waals surface area contributed by atoms with Crippen molar-refractivity contribution in [1.82, 2.24) is 19.8 Å². The van der Waals surface area contributed by atoms with Gasteiger partial charge in [-0.3, -0.25) is 4.79 Å². The maximum atomic E-state index is 14.9. The number of piperazine rings is 1. The van der Waals surface area contributed by atoms with E-state index in [0.29, 0.717) is 45.6 Å². The number of benzene rings is 1. The molecule has 1 atom stereocenters. The van der Waals surface area contributed by atoms with Crippen molar-refractivity contribution in [3.8, 4) is 17.8 Å². The summed E-state index contributed by atoms with van der Waals surface area (Å²) in [5, 5.41) is 20.1. The minimum atomic E-state index is -0.483. The van der Waals surface area contributed by atoms with Crippen LogP contribution in [0.3, 0.4) is 0 Å². The zero-order chi connectivity index (χ0) is 30.6. The van der Waals surface area contributed by atoms with Crippen LogP contribution < -0.4 is 14.5 Å². The molecule has 0 radical (unpaired) electrons. The lowest BCUT2D eigenvalue weighted by molar-refractivity contribution is -0.128. The largest absolute Gasteiger partial charge is 0.506 e. The Balaban J connectivity index is 1.51. The standard InChI is InChI=1S/C32H42FN7O3/c1-4-28(42)40-18-17-39(19-23(40)12-15-34)30-24-9-8-16-38(29-25(33)10-7-11-27(29)41)20-26(24)35-31(36-30)43-22-32(21-37(2)3)13-5-6-14-32/h4,7,10-11,23,41H,1,5-6,8-9,12-14,16-22H2,2-3H3/t23-/m0/s1. The van der Waals surface area contributed by atoms with Crippen LogP contribution in [0.1, 0.15) is 49.8 Å². The fourth-order valence-electron chi connectivity index (χ4n) is 7.02. The van der Waals surface area contributed by atoms with Gasteiger partial charge in [0.15, 0.2) is 0 Å². The fraction of sp³-hybridized carbons (Fsp3) is 0.562. The molecular formula is C32H42FN7O3. The van der Waals surface area contributed by atoms with Crippen LogP contribution in [0.25, 0.3) is 0 Å². The van der Waals surface area contributed by atoms with E-state index in [1.54, 1.807) is 4.90 Å². The summed E-state index contributed by atoms with van der Waals surface area (Å²) in [5.74, 6) is -0.0401. The minimum absolute atomic E-state index is 0.0272. The van der Waals surface area contributed by atoms with Gasteiger partial charge in [-0.1, -0.05) is 25.5 Å². The third-order valence-corrected chi connectivity index (χ3v) is 8.92. The number of fused-ring (bicyclic) bond motifs is 1. The first kappa shape index (κ1) is 30.5. The molecule has 230 valence electrons. The van der Waals surface area contributed by atoms with E-state index in [2.05, 4.69) is 36.5 Å². The van der Waals surface area contributed by atoms with Crippen LogP contribution in [0.4, 0.5) is 15.9 Å². The zero-order valence-corrected chi connectivity index (χ0v) is 25.3. The number of carbonyl (C=O) groups is 1. The molecule has 2 aromatic rings. The molecule has 0 spiro atoms. The first-order chi connectivity index (χ1) is 20.7. The fourth-order valence-corrected chi connectivity index (χ4v) is 7.02. The maximum Gasteiger partial charge on any atom is 0.318 e. The summed E-state index contributed by atoms with van der Waals surface area (Å²) in [6, 6.07) is 6.54. The highest BCUT2D eigenvalue weighted by Gasteiger charge is 2.37. The third-order valence-electron chi connectivity index (χ3n) is 8.92. The van der Waals surface area contributed by atoms with Gasteiger partial charge in [0.25, 0.3) is 0 Å². The average molecular weight is 592 g/mol. The number of aromatic nitrogens is 2. The van der Waals surface area contributed by atoms with Gasteiger partial charge in [-0.25, -0.2) is 4.39 Å². The number of nitriles is 1. The Kier molecular flexibility index (Phi) is 9.35. The van der Waals surface area contributed by atoms with E-state index in [-0.39, 0.29) is 47.8 Å². The average Bonchev–Trinajstić information content (AvgIpc) is 3.33. The molecule has 1 saturated heterocycles. The summed E-state index contributed by atoms with van der Waals surface area (Å²) in [7, 11) is 4.16. The Labute approximate surface area is 253 Å². The van der Waals surface area contributed by atoms with E-state index in [0.717, 1.165) is 36.5 Å². The summed E-state index contributed by atoms with van der Waals surface area (Å²) < 4.78 is 21.4. The van der Waals surface area contributed by atoms with Gasteiger partial charge in [-0.2, -0.15) is 15.2 Å². The smallest absolute Gasteiger partial charge is 0.318 e. The summed E-state index contributed by atoms with van der Waals surface area (Å²) in [6.45, 7) is 7.28. The summed E-state index contributed by atoms with van der Waals surface area (Å²) in [6.07, 6.45) is 7.36. The van der Waals surface area contributed by atoms with Gasteiger partial charge in [0.05, 0.1) is 37.4 Å². The summed E-state index contributed by atoms with van der Waals surface area (Å²) in [4.78, 5) is 30.3. The quantitative estimate of drug-likeness (QED) is 0.435. The number of hydrogen-bond donors (Lipinski definition) is 1. The number of ether oxygens (including phenoxy) is 1. The monoisotopic (exact) mass is 591 g/mol. The SMILES string of the molecule is C=CC(=O)N1CCN(c2nc(OCC3(CN(C)C)CCCC3)nc3c2CCCN(c2c(O)cccc2F)C3)C[C@@H]1CC#N. The molecule has 2 aliphatic heterocycles. The second kappa shape index (κ2) is 13.2. The highest BCUT2D eigenvalue weighted by molar-refractivity contribution is 5.87. The molecule has 5 rings (SSSR count). The van der Waals surface area contributed by atoms with Gasteiger partial charge >= 0.3 is 6.01 Å². The van der Waals surface area contributed by atoms with Gasteiger partial charge in [-0.15, -0.1) is 0 Å². The minimum Gasteiger partial charge on any atom is -0.506 e. The highest BCUT2D eigenvalue weighted by Crippen LogP contribution is 2.40. The number of phenols is 1. The first-order valence-corrected chi connectivity index (χ1v) is 15.2. The molecule has 43 heavy (non-hydrogen) atoms. The van der Waals surface area contributed by atoms with Crippen LogP contribution in [-0.2, 0) is 17.8 Å². The lowest BCUT2D eigenvalue weighted by Gasteiger charge is -2.41. The van der Waals surface area contributed by atoms with Crippen molar-refractivity contribution in [3.05, 3.63) is 47.9 Å². The maximum absolute atomic E-state index is 14.9. The molecule has 1 saturated carbocycles. The van der Waals surface area contributed by atoms with Crippen molar-refractivity contribution < 1.29 is 19.0 Å². The Morgan fingerprint density at radius 3 is 2.72 bits per heavy atom. The predicted molar refractivity (Wildman–Crippen MR) is 163 cm³/mol. The van der Waals surface area contributed by atoms with Crippen LogP contribution >= 0.6 is 0 Å². The number of rotatable bonds is 9. The topological polar surface area (TPSA) is 109 Å². The normalized spacial score (nSPS) is 20.0. The van der Waals surface area contributed by atoms with Crippen molar-refractivity contribution in [2.75, 3.05) is 63.2 Å². The molecule has 1 aromatic heterocycles. The van der Waals surface area contributed by atoms with E-state index >= 15 is 0 Å². The number of phenolic OH excluding ortho intramolecular Hbond substituents is 1. The number of aromatic hydroxyl groups is 1. The van der Waals surface area contributed by atoms with Crippen molar-refractivity contribution in [3.63, 3.8) is 0 Å². The molecule has 0 unspecified atom stereocenters. The molecule has 11 heteroatoms. The number of anilines is 2. The van der Waals surface area contributed by atoms with Crippen LogP contribution in [0.15, 0.2) is 30.9 Å². The number of halogens is 1. The second-order valence-electron chi connectivity index (χ2n) is 12.3. The van der Waals surface area contributed by atoms with Crippen molar-refractivity contribution in [2.45, 2.75) is 57.5 Å². The number of carbonyl (C=O) groups excluding carboxylic acids is 1. The molecule has 2 fully saturated rings. The second-order valence-corrected chi connectivity index (χ2v) is 12.3. The zero-order valence-electron chi connectivity index (χ0n) is 25.3. The van der Waals surface area contributed by atoms with E-state index in [9.17, 15) is 19.6 Å². The van der Waals surface area contributed by atoms with Crippen molar-refractivity contribution in [2.24, 2.45) is 5.41 Å². The lowest BCUT2D eigenvalue weighted by Crippen LogP contribution is -2.55. The Morgan fingerprint density at radius 1 is 1.23 bits per heavy atom. The Bertz CT molecular complexity index is 1350. The molecule has 0 bridgehead atoms. The number of hydrogen-bond acceptors (Lipinski definition) is 9. The Morgan fingerprint density at radius 2 is 2.02 bits per heavy atom. The molecule has 1 N–H and O–H groups in total. The molecule has 3 aliphatic rings. The van der Waals surface area contributed by atoms with Gasteiger partial charge in [0, 0.05) is 43.7 Å². The van der Waals surface area contributed by atoms with Crippen LogP contribution in [-0.4, -0.2) is 90.2 Å². The van der Waals surface area contributed by atoms with E-state index in [1.807, 2.05) is 4.90 Å². The van der Waals surface area contributed by atoms with E-state index in [4.69, 9.17) is 14.7 Å². The lowest BCUT2D eigenvalue weighted by atomic mass is 9.87. The van der Waals surface area contributed by atoms with E-state index in [1.165, 1.54) is 37.1 Å². The van der Waals surface area contributed by atoms with Gasteiger partial charge < -0.3 is 29.4 Å². The summed E-state index contributed by atoms with van der Waals surface area (Å²) in [5.41, 5.74) is 1.88. The van der Waals surface area contributed by atoms with Gasteiger partial charge in [0.2, 0.25) is 5.91 Å². The summed E-state index contributed by atoms with van der Waals surface area (Å²) >= 11 is 0. The van der Waals surface area contributed by atoms with Gasteiger partial charge in [-0.05, 0) is 58.0 Å². The van der Waals surface area contributed by atoms with Gasteiger partial charge in [0.1, 0.15) is 23.1 Å². The molecule has 1 aliphatic carbocycles. The number of nitrogens with zero attached hydrogens (tertiary/aromatic N) is 7. The van der Waals surface area contributed by atoms with Crippen molar-refractivity contribution in [1.29, 1.82) is 5.26 Å². The first-order valence-electron chi connectivity index (χ1n) is 15.2. The van der Waals surface area contributed by atoms with Crippen LogP contribution in [0, 0.1) is 22.6 Å². The van der Waals surface area contributed by atoms with Crippen LogP contribution in [0.2, 0.25) is 0 Å². The predicted octanol–water partition coefficient (Wildman–Crippen LogP) is 3.89. The van der Waals surface area contributed by atoms with Crippen molar-refractivity contribution >= 4 is 17.4 Å². The molecule has 3 heterocycles. The molecule has 10 nitrogen and oxygen atoms in total. The van der Waals surface area contributed by atoms with Crippen LogP contribution in [0.5, 0.6) is 11.8 Å². The third kappa shape index (κ3) is 6.69. The molecule has 1 aromatic carbocycles. The molecular weight excluding hydrogens is 549 g/mol. The Hall–Kier alpha value is -3.91.